The van der Waals surface area contributed by atoms with Crippen molar-refractivity contribution in [1.29, 1.82) is 0 Å². The van der Waals surface area contributed by atoms with Crippen LogP contribution in [0.1, 0.15) is 45.1 Å². The van der Waals surface area contributed by atoms with Gasteiger partial charge in [0, 0.05) is 62.7 Å². The lowest BCUT2D eigenvalue weighted by Crippen LogP contribution is -2.42. The Morgan fingerprint density at radius 1 is 1.10 bits per heavy atom. The molecule has 0 radical (unpaired) electrons. The Morgan fingerprint density at radius 2 is 1.85 bits per heavy atom. The summed E-state index contributed by atoms with van der Waals surface area (Å²) in [5, 5.41) is 3.22. The highest BCUT2D eigenvalue weighted by Crippen LogP contribution is 2.27. The molecule has 7 heteroatoms. The monoisotopic (exact) mass is 559 g/mol. The molecule has 7 nitrogen and oxygen atoms in total. The minimum Gasteiger partial charge on any atom is -0.464 e. The van der Waals surface area contributed by atoms with Gasteiger partial charge in [-0.2, -0.15) is 0 Å². The van der Waals surface area contributed by atoms with Gasteiger partial charge in [-0.1, -0.05) is 80.7 Å². The molecule has 2 aliphatic carbocycles. The molecular formula is C34H45N3O4. The maximum Gasteiger partial charge on any atom is 0.293 e. The van der Waals surface area contributed by atoms with Crippen LogP contribution < -0.4 is 5.32 Å². The Balaban J connectivity index is 0.000000296. The smallest absolute Gasteiger partial charge is 0.293 e. The number of para-hydroxylation sites is 1. The summed E-state index contributed by atoms with van der Waals surface area (Å²) < 4.78 is 4.99. The second kappa shape index (κ2) is 19.2. The van der Waals surface area contributed by atoms with Crippen LogP contribution in [0.5, 0.6) is 0 Å². The predicted molar refractivity (Wildman–Crippen MR) is 168 cm³/mol. The SMILES string of the molecule is CC.CN(CCN1CCC(OC=O)CC1)C(=O)C1=CCC=CC(C=O)=C1.CNc1ccccc1C1=CC=CC=CC1. The number of ether oxygens (including phenoxy) is 1. The van der Waals surface area contributed by atoms with Crippen LogP contribution in [0.15, 0.2) is 90.1 Å². The van der Waals surface area contributed by atoms with E-state index in [0.717, 1.165) is 45.2 Å². The standard InChI is InChI=1S/C18H24N2O4.C14H15N.C2H6/c1-19(10-11-20-8-6-17(7-9-20)24-14-22)18(23)16-5-3-2-4-15(12-16)13-21;1-15-14-11-7-6-10-13(14)12-8-4-2-3-5-9-12;1-2/h2,4-5,12-14,17H,3,6-11H2,1H3;2-8,10-11,15H,9H2,1H3;1-2H3. The van der Waals surface area contributed by atoms with E-state index in [1.807, 2.05) is 33.0 Å². The zero-order valence-electron chi connectivity index (χ0n) is 24.9. The lowest BCUT2D eigenvalue weighted by atomic mass is 10.0. The van der Waals surface area contributed by atoms with Crippen LogP contribution >= 0.6 is 0 Å². The quantitative estimate of drug-likeness (QED) is 0.388. The van der Waals surface area contributed by atoms with Crippen LogP contribution in [0.4, 0.5) is 5.69 Å². The summed E-state index contributed by atoms with van der Waals surface area (Å²) in [5.74, 6) is -0.0720. The van der Waals surface area contributed by atoms with E-state index in [2.05, 4.69) is 64.9 Å². The molecule has 220 valence electrons. The van der Waals surface area contributed by atoms with Crippen LogP contribution in [-0.4, -0.2) is 74.8 Å². The van der Waals surface area contributed by atoms with Crippen molar-refractivity contribution in [2.45, 2.75) is 45.6 Å². The maximum atomic E-state index is 12.5. The summed E-state index contributed by atoms with van der Waals surface area (Å²) in [5.41, 5.74) is 4.90. The van der Waals surface area contributed by atoms with E-state index < -0.39 is 0 Å². The summed E-state index contributed by atoms with van der Waals surface area (Å²) >= 11 is 0. The fraction of sp³-hybridized carbons (Fsp3) is 0.382. The first-order chi connectivity index (χ1) is 20.0. The van der Waals surface area contributed by atoms with E-state index in [9.17, 15) is 14.4 Å². The molecule has 1 amide bonds. The molecule has 0 bridgehead atoms. The number of likely N-dealkylation sites (tertiary alicyclic amines) is 1. The van der Waals surface area contributed by atoms with Crippen molar-refractivity contribution < 1.29 is 19.1 Å². The van der Waals surface area contributed by atoms with Gasteiger partial charge in [-0.05, 0) is 43.4 Å². The van der Waals surface area contributed by atoms with E-state index in [1.165, 1.54) is 16.8 Å². The number of rotatable bonds is 9. The number of anilines is 1. The number of aldehydes is 1. The highest BCUT2D eigenvalue weighted by Gasteiger charge is 2.21. The number of piperidine rings is 1. The first-order valence-electron chi connectivity index (χ1n) is 14.5. The van der Waals surface area contributed by atoms with Gasteiger partial charge >= 0.3 is 0 Å². The van der Waals surface area contributed by atoms with Gasteiger partial charge in [0.15, 0.2) is 0 Å². The molecule has 0 aromatic heterocycles. The Hall–Kier alpha value is -3.97. The average Bonchev–Trinajstić information content (AvgIpc) is 3.45. The minimum atomic E-state index is -0.0720. The molecule has 3 aliphatic rings. The van der Waals surface area contributed by atoms with Crippen molar-refractivity contribution in [2.24, 2.45) is 0 Å². The third-order valence-corrected chi connectivity index (χ3v) is 6.91. The number of hydrogen-bond donors (Lipinski definition) is 1. The fourth-order valence-electron chi connectivity index (χ4n) is 4.63. The molecule has 0 unspecified atom stereocenters. The van der Waals surface area contributed by atoms with Gasteiger partial charge in [0.1, 0.15) is 12.4 Å². The predicted octanol–water partition coefficient (Wildman–Crippen LogP) is 5.75. The molecule has 0 saturated carbocycles. The number of likely N-dealkylation sites (N-methyl/N-ethyl adjacent to an activating group) is 1. The zero-order chi connectivity index (χ0) is 29.9. The molecule has 41 heavy (non-hydrogen) atoms. The van der Waals surface area contributed by atoms with Crippen molar-refractivity contribution in [2.75, 3.05) is 45.6 Å². The van der Waals surface area contributed by atoms with E-state index in [1.54, 1.807) is 24.1 Å². The summed E-state index contributed by atoms with van der Waals surface area (Å²) in [6.07, 6.45) is 21.8. The number of benzene rings is 1. The van der Waals surface area contributed by atoms with Gasteiger partial charge in [-0.15, -0.1) is 0 Å². The zero-order valence-corrected chi connectivity index (χ0v) is 24.9. The van der Waals surface area contributed by atoms with Crippen LogP contribution in [0, 0.1) is 0 Å². The Morgan fingerprint density at radius 3 is 2.56 bits per heavy atom. The number of hydrogen-bond acceptors (Lipinski definition) is 6. The van der Waals surface area contributed by atoms with Gasteiger partial charge in [-0.3, -0.25) is 14.4 Å². The van der Waals surface area contributed by atoms with Gasteiger partial charge < -0.3 is 19.9 Å². The summed E-state index contributed by atoms with van der Waals surface area (Å²) in [4.78, 5) is 37.8. The van der Waals surface area contributed by atoms with Gasteiger partial charge in [0.05, 0.1) is 0 Å². The van der Waals surface area contributed by atoms with Gasteiger partial charge in [-0.25, -0.2) is 0 Å². The van der Waals surface area contributed by atoms with Crippen molar-refractivity contribution in [3.8, 4) is 0 Å². The molecule has 1 heterocycles. The Kier molecular flexibility index (Phi) is 15.5. The number of nitrogens with one attached hydrogen (secondary N) is 1. The van der Waals surface area contributed by atoms with E-state index in [0.29, 0.717) is 30.6 Å². The van der Waals surface area contributed by atoms with E-state index in [4.69, 9.17) is 4.74 Å². The normalized spacial score (nSPS) is 16.6. The van der Waals surface area contributed by atoms with Gasteiger partial charge in [0.25, 0.3) is 12.4 Å². The molecule has 1 aliphatic heterocycles. The van der Waals surface area contributed by atoms with Crippen molar-refractivity contribution in [3.05, 3.63) is 95.7 Å². The maximum absolute atomic E-state index is 12.5. The van der Waals surface area contributed by atoms with Crippen LogP contribution in [-0.2, 0) is 19.1 Å². The third kappa shape index (κ3) is 11.2. The number of amides is 1. The summed E-state index contributed by atoms with van der Waals surface area (Å²) in [7, 11) is 3.74. The number of nitrogens with zero attached hydrogens (tertiary/aromatic N) is 2. The van der Waals surface area contributed by atoms with Gasteiger partial charge in [0.2, 0.25) is 0 Å². The average molecular weight is 560 g/mol. The molecule has 1 aromatic rings. The molecule has 1 fully saturated rings. The summed E-state index contributed by atoms with van der Waals surface area (Å²) in [6, 6.07) is 8.40. The molecule has 1 aromatic carbocycles. The van der Waals surface area contributed by atoms with Crippen molar-refractivity contribution >= 4 is 29.9 Å². The first-order valence-corrected chi connectivity index (χ1v) is 14.5. The Labute approximate surface area is 245 Å². The molecule has 0 atom stereocenters. The Bertz CT molecular complexity index is 1170. The van der Waals surface area contributed by atoms with Crippen molar-refractivity contribution in [3.63, 3.8) is 0 Å². The highest BCUT2D eigenvalue weighted by atomic mass is 16.5. The molecule has 1 saturated heterocycles. The summed E-state index contributed by atoms with van der Waals surface area (Å²) in [6.45, 7) is 7.65. The molecular weight excluding hydrogens is 514 g/mol. The lowest BCUT2D eigenvalue weighted by Gasteiger charge is -2.32. The molecule has 0 spiro atoms. The van der Waals surface area contributed by atoms with E-state index in [-0.39, 0.29) is 12.0 Å². The van der Waals surface area contributed by atoms with Crippen LogP contribution in [0.25, 0.3) is 5.57 Å². The highest BCUT2D eigenvalue weighted by molar-refractivity contribution is 5.98. The number of allylic oxidation sites excluding steroid dienone is 10. The lowest BCUT2D eigenvalue weighted by molar-refractivity contribution is -0.135. The topological polar surface area (TPSA) is 79.0 Å². The van der Waals surface area contributed by atoms with Crippen LogP contribution in [0.3, 0.4) is 0 Å². The van der Waals surface area contributed by atoms with Crippen LogP contribution in [0.2, 0.25) is 0 Å². The van der Waals surface area contributed by atoms with Crippen molar-refractivity contribution in [1.82, 2.24) is 9.80 Å². The third-order valence-electron chi connectivity index (χ3n) is 6.91. The first kappa shape index (κ1) is 33.2. The fourth-order valence-corrected chi connectivity index (χ4v) is 4.63. The van der Waals surface area contributed by atoms with E-state index >= 15 is 0 Å². The molecule has 1 N–H and O–H groups in total. The second-order valence-electron chi connectivity index (χ2n) is 9.56. The largest absolute Gasteiger partial charge is 0.464 e. The number of carbonyl (C=O) groups is 3. The molecule has 4 rings (SSSR count). The second-order valence-corrected chi connectivity index (χ2v) is 9.56. The minimum absolute atomic E-state index is 0.0219. The number of carbonyl (C=O) groups excluding carboxylic acids is 3.